The number of allylic oxidation sites excluding steroid dienone is 1. The van der Waals surface area contributed by atoms with Crippen LogP contribution < -0.4 is 5.73 Å². The molecule has 1 aliphatic rings. The van der Waals surface area contributed by atoms with Crippen LogP contribution in [0.3, 0.4) is 0 Å². The van der Waals surface area contributed by atoms with Gasteiger partial charge in [-0.15, -0.1) is 6.58 Å². The molecule has 0 bridgehead atoms. The Morgan fingerprint density at radius 2 is 2.38 bits per heavy atom. The summed E-state index contributed by atoms with van der Waals surface area (Å²) in [5, 5.41) is 0. The van der Waals surface area contributed by atoms with Gasteiger partial charge in [-0.2, -0.15) is 0 Å². The summed E-state index contributed by atoms with van der Waals surface area (Å²) in [5.74, 6) is 0. The molecule has 0 saturated carbocycles. The van der Waals surface area contributed by atoms with E-state index in [4.69, 9.17) is 15.2 Å². The highest BCUT2D eigenvalue weighted by Crippen LogP contribution is 2.09. The van der Waals surface area contributed by atoms with Gasteiger partial charge >= 0.3 is 0 Å². The molecule has 1 heterocycles. The minimum absolute atomic E-state index is 0.0959. The number of ether oxygens (including phenoxy) is 2. The topological polar surface area (TPSA) is 44.5 Å². The maximum Gasteiger partial charge on any atom is 0.0959 e. The quantitative estimate of drug-likeness (QED) is 0.515. The molecule has 0 aromatic rings. The molecule has 2 unspecified atom stereocenters. The third-order valence-electron chi connectivity index (χ3n) is 2.26. The first kappa shape index (κ1) is 10.7. The Morgan fingerprint density at radius 1 is 1.54 bits per heavy atom. The molecule has 76 valence electrons. The van der Waals surface area contributed by atoms with Gasteiger partial charge in [0.05, 0.1) is 25.9 Å². The number of hydrogen-bond acceptors (Lipinski definition) is 3. The van der Waals surface area contributed by atoms with Crippen molar-refractivity contribution in [2.45, 2.75) is 31.4 Å². The first-order valence-corrected chi connectivity index (χ1v) is 4.90. The van der Waals surface area contributed by atoms with E-state index < -0.39 is 0 Å². The summed E-state index contributed by atoms with van der Waals surface area (Å²) in [6, 6.07) is 0.111. The maximum absolute atomic E-state index is 5.95. The fourth-order valence-electron chi connectivity index (χ4n) is 1.44. The van der Waals surface area contributed by atoms with E-state index in [0.29, 0.717) is 19.8 Å². The first-order valence-electron chi connectivity index (χ1n) is 4.90. The average Bonchev–Trinajstić information content (AvgIpc) is 2.19. The maximum atomic E-state index is 5.95. The van der Waals surface area contributed by atoms with E-state index in [1.165, 1.54) is 0 Å². The van der Waals surface area contributed by atoms with Crippen LogP contribution >= 0.6 is 0 Å². The lowest BCUT2D eigenvalue weighted by Gasteiger charge is -2.27. The van der Waals surface area contributed by atoms with Crippen molar-refractivity contribution >= 4 is 0 Å². The Hall–Kier alpha value is -0.380. The van der Waals surface area contributed by atoms with Crippen LogP contribution in [0.2, 0.25) is 0 Å². The second-order valence-electron chi connectivity index (χ2n) is 3.37. The monoisotopic (exact) mass is 185 g/mol. The van der Waals surface area contributed by atoms with E-state index in [2.05, 4.69) is 6.58 Å². The molecule has 2 atom stereocenters. The van der Waals surface area contributed by atoms with Crippen LogP contribution in [0.5, 0.6) is 0 Å². The summed E-state index contributed by atoms with van der Waals surface area (Å²) in [6.45, 7) is 5.71. The summed E-state index contributed by atoms with van der Waals surface area (Å²) in [7, 11) is 0. The van der Waals surface area contributed by atoms with Gasteiger partial charge < -0.3 is 15.2 Å². The molecule has 0 aromatic carbocycles. The number of hydrogen-bond donors (Lipinski definition) is 1. The SMILES string of the molecule is C=CCCCC(N)C1COCCO1. The first-order chi connectivity index (χ1) is 6.34. The van der Waals surface area contributed by atoms with Crippen molar-refractivity contribution in [3.8, 4) is 0 Å². The molecule has 0 amide bonds. The molecule has 3 nitrogen and oxygen atoms in total. The third kappa shape index (κ3) is 3.89. The molecule has 1 fully saturated rings. The molecular weight excluding hydrogens is 166 g/mol. The Labute approximate surface area is 79.9 Å². The Bertz CT molecular complexity index is 144. The van der Waals surface area contributed by atoms with Crippen molar-refractivity contribution in [2.75, 3.05) is 19.8 Å². The highest BCUT2D eigenvalue weighted by molar-refractivity contribution is 4.77. The van der Waals surface area contributed by atoms with Gasteiger partial charge in [0.1, 0.15) is 0 Å². The highest BCUT2D eigenvalue weighted by atomic mass is 16.6. The van der Waals surface area contributed by atoms with Crippen LogP contribution in [0.25, 0.3) is 0 Å². The van der Waals surface area contributed by atoms with Crippen LogP contribution in [0, 0.1) is 0 Å². The predicted molar refractivity (Wildman–Crippen MR) is 52.6 cm³/mol. The minimum atomic E-state index is 0.0959. The molecule has 0 aromatic heterocycles. The zero-order valence-corrected chi connectivity index (χ0v) is 8.08. The van der Waals surface area contributed by atoms with E-state index in [-0.39, 0.29) is 12.1 Å². The van der Waals surface area contributed by atoms with Crippen LogP contribution in [0.1, 0.15) is 19.3 Å². The van der Waals surface area contributed by atoms with Crippen LogP contribution in [-0.4, -0.2) is 32.0 Å². The van der Waals surface area contributed by atoms with Gasteiger partial charge in [-0.25, -0.2) is 0 Å². The lowest BCUT2D eigenvalue weighted by molar-refractivity contribution is -0.0977. The van der Waals surface area contributed by atoms with Gasteiger partial charge in [0.2, 0.25) is 0 Å². The molecule has 1 aliphatic heterocycles. The Morgan fingerprint density at radius 3 is 3.00 bits per heavy atom. The number of nitrogens with two attached hydrogens (primary N) is 1. The lowest BCUT2D eigenvalue weighted by Crippen LogP contribution is -2.43. The second kappa shape index (κ2) is 6.13. The summed E-state index contributed by atoms with van der Waals surface area (Å²) < 4.78 is 10.8. The van der Waals surface area contributed by atoms with Crippen molar-refractivity contribution in [1.82, 2.24) is 0 Å². The number of rotatable bonds is 5. The number of unbranched alkanes of at least 4 members (excludes halogenated alkanes) is 1. The predicted octanol–water partition coefficient (Wildman–Crippen LogP) is 1.09. The standard InChI is InChI=1S/C10H19NO2/c1-2-3-4-5-9(11)10-8-12-6-7-13-10/h2,9-10H,1,3-8,11H2. The van der Waals surface area contributed by atoms with Crippen molar-refractivity contribution in [3.05, 3.63) is 12.7 Å². The molecular formula is C10H19NO2. The van der Waals surface area contributed by atoms with Gasteiger partial charge in [0, 0.05) is 6.04 Å². The van der Waals surface area contributed by atoms with Crippen molar-refractivity contribution in [3.63, 3.8) is 0 Å². The van der Waals surface area contributed by atoms with E-state index in [0.717, 1.165) is 19.3 Å². The zero-order valence-electron chi connectivity index (χ0n) is 8.08. The summed E-state index contributed by atoms with van der Waals surface area (Å²) in [5.41, 5.74) is 5.95. The average molecular weight is 185 g/mol. The molecule has 1 saturated heterocycles. The summed E-state index contributed by atoms with van der Waals surface area (Å²) in [6.07, 6.45) is 5.12. The minimum Gasteiger partial charge on any atom is -0.376 e. The molecule has 0 radical (unpaired) electrons. The largest absolute Gasteiger partial charge is 0.376 e. The van der Waals surface area contributed by atoms with Gasteiger partial charge in [0.25, 0.3) is 0 Å². The molecule has 1 rings (SSSR count). The van der Waals surface area contributed by atoms with E-state index in [1.54, 1.807) is 0 Å². The van der Waals surface area contributed by atoms with Gasteiger partial charge in [0.15, 0.2) is 0 Å². The van der Waals surface area contributed by atoms with Crippen LogP contribution in [-0.2, 0) is 9.47 Å². The van der Waals surface area contributed by atoms with Gasteiger partial charge in [-0.05, 0) is 19.3 Å². The molecule has 3 heteroatoms. The Kier molecular flexibility index (Phi) is 5.05. The Balaban J connectivity index is 2.13. The van der Waals surface area contributed by atoms with Crippen molar-refractivity contribution in [2.24, 2.45) is 5.73 Å². The van der Waals surface area contributed by atoms with Gasteiger partial charge in [-0.3, -0.25) is 0 Å². The summed E-state index contributed by atoms with van der Waals surface area (Å²) in [4.78, 5) is 0. The van der Waals surface area contributed by atoms with E-state index >= 15 is 0 Å². The molecule has 2 N–H and O–H groups in total. The smallest absolute Gasteiger partial charge is 0.0959 e. The van der Waals surface area contributed by atoms with E-state index in [9.17, 15) is 0 Å². The van der Waals surface area contributed by atoms with Gasteiger partial charge in [-0.1, -0.05) is 6.08 Å². The molecule has 13 heavy (non-hydrogen) atoms. The second-order valence-corrected chi connectivity index (χ2v) is 3.37. The molecule has 0 aliphatic carbocycles. The molecule has 0 spiro atoms. The fraction of sp³-hybridized carbons (Fsp3) is 0.800. The third-order valence-corrected chi connectivity index (χ3v) is 2.26. The zero-order chi connectivity index (χ0) is 9.52. The van der Waals surface area contributed by atoms with Crippen molar-refractivity contribution < 1.29 is 9.47 Å². The normalized spacial score (nSPS) is 25.5. The van der Waals surface area contributed by atoms with Crippen LogP contribution in [0.15, 0.2) is 12.7 Å². The lowest BCUT2D eigenvalue weighted by atomic mass is 10.1. The van der Waals surface area contributed by atoms with Crippen molar-refractivity contribution in [1.29, 1.82) is 0 Å². The summed E-state index contributed by atoms with van der Waals surface area (Å²) >= 11 is 0. The highest BCUT2D eigenvalue weighted by Gasteiger charge is 2.20. The van der Waals surface area contributed by atoms with Crippen LogP contribution in [0.4, 0.5) is 0 Å². The van der Waals surface area contributed by atoms with E-state index in [1.807, 2.05) is 6.08 Å². The fourth-order valence-corrected chi connectivity index (χ4v) is 1.44.